The number of benzene rings is 9. The summed E-state index contributed by atoms with van der Waals surface area (Å²) in [5.74, 6) is 1.69. The van der Waals surface area contributed by atoms with Crippen molar-refractivity contribution < 1.29 is 4.42 Å². The lowest BCUT2D eigenvalue weighted by Crippen LogP contribution is -2.06. The van der Waals surface area contributed by atoms with Crippen LogP contribution < -0.4 is 0 Å². The highest BCUT2D eigenvalue weighted by atomic mass is 16.3. The van der Waals surface area contributed by atoms with Crippen molar-refractivity contribution in [2.24, 2.45) is 0 Å². The molecule has 4 heterocycles. The molecule has 13 aromatic rings. The standard InChI is InChI=1S/C57H35N5O/c1-3-16-36(17-4-1)38-20-13-22-40(34-38)55-58-56(60-57(59-55)62-49-29-11-7-24-42(49)43-25-8-12-30-50(43)62)47-27-15-31-51-52(47)46-33-32-45-44-26-9-10-28-48(44)61(53(45)54(46)63-51)41-23-14-21-39(35-41)37-18-5-2-6-19-37/h1-35H. The molecule has 0 radical (unpaired) electrons. The van der Waals surface area contributed by atoms with Crippen molar-refractivity contribution in [1.29, 1.82) is 0 Å². The van der Waals surface area contributed by atoms with Crippen LogP contribution in [0.2, 0.25) is 0 Å². The van der Waals surface area contributed by atoms with Crippen molar-refractivity contribution in [1.82, 2.24) is 24.1 Å². The Kier molecular flexibility index (Phi) is 7.80. The third-order valence-electron chi connectivity index (χ3n) is 12.4. The molecule has 294 valence electrons. The molecule has 0 aliphatic rings. The molecule has 9 aromatic carbocycles. The van der Waals surface area contributed by atoms with Gasteiger partial charge in [-0.1, -0.05) is 164 Å². The van der Waals surface area contributed by atoms with Crippen molar-refractivity contribution in [2.45, 2.75) is 0 Å². The van der Waals surface area contributed by atoms with Crippen LogP contribution in [0.3, 0.4) is 0 Å². The third-order valence-corrected chi connectivity index (χ3v) is 12.4. The van der Waals surface area contributed by atoms with Gasteiger partial charge in [0.15, 0.2) is 17.2 Å². The average Bonchev–Trinajstić information content (AvgIpc) is 4.03. The van der Waals surface area contributed by atoms with Gasteiger partial charge in [-0.25, -0.2) is 4.98 Å². The maximum atomic E-state index is 7.03. The van der Waals surface area contributed by atoms with Gasteiger partial charge in [0.05, 0.1) is 22.1 Å². The van der Waals surface area contributed by atoms with Crippen LogP contribution in [0.5, 0.6) is 0 Å². The smallest absolute Gasteiger partial charge is 0.238 e. The van der Waals surface area contributed by atoms with E-state index in [0.717, 1.165) is 99.1 Å². The van der Waals surface area contributed by atoms with E-state index in [2.05, 4.69) is 203 Å². The fourth-order valence-electron chi connectivity index (χ4n) is 9.56. The molecule has 6 nitrogen and oxygen atoms in total. The van der Waals surface area contributed by atoms with Crippen LogP contribution in [0.15, 0.2) is 217 Å². The fraction of sp³-hybridized carbons (Fsp3) is 0. The lowest BCUT2D eigenvalue weighted by molar-refractivity contribution is 0.671. The molecule has 0 aliphatic heterocycles. The third kappa shape index (κ3) is 5.55. The minimum Gasteiger partial charge on any atom is -0.454 e. The Morgan fingerprint density at radius 3 is 1.57 bits per heavy atom. The molecule has 0 fully saturated rings. The van der Waals surface area contributed by atoms with Crippen molar-refractivity contribution >= 4 is 65.6 Å². The van der Waals surface area contributed by atoms with Gasteiger partial charge >= 0.3 is 0 Å². The highest BCUT2D eigenvalue weighted by Gasteiger charge is 2.24. The molecule has 63 heavy (non-hydrogen) atoms. The molecular formula is C57H35N5O. The highest BCUT2D eigenvalue weighted by Crippen LogP contribution is 2.43. The Morgan fingerprint density at radius 1 is 0.349 bits per heavy atom. The molecule has 0 aliphatic carbocycles. The molecule has 0 amide bonds. The maximum Gasteiger partial charge on any atom is 0.238 e. The Labute approximate surface area is 361 Å². The van der Waals surface area contributed by atoms with E-state index in [-0.39, 0.29) is 0 Å². The normalized spacial score (nSPS) is 11.8. The second-order valence-electron chi connectivity index (χ2n) is 16.0. The number of rotatable bonds is 6. The van der Waals surface area contributed by atoms with Crippen LogP contribution in [0, 0.1) is 0 Å². The van der Waals surface area contributed by atoms with E-state index in [1.807, 2.05) is 18.2 Å². The molecule has 6 heteroatoms. The summed E-state index contributed by atoms with van der Waals surface area (Å²) in [6, 6.07) is 74.3. The topological polar surface area (TPSA) is 61.7 Å². The summed E-state index contributed by atoms with van der Waals surface area (Å²) in [6.45, 7) is 0. The number of para-hydroxylation sites is 3. The fourth-order valence-corrected chi connectivity index (χ4v) is 9.56. The van der Waals surface area contributed by atoms with Crippen LogP contribution in [-0.2, 0) is 0 Å². The molecule has 0 unspecified atom stereocenters. The first-order valence-electron chi connectivity index (χ1n) is 21.2. The van der Waals surface area contributed by atoms with Gasteiger partial charge < -0.3 is 8.98 Å². The molecule has 13 rings (SSSR count). The van der Waals surface area contributed by atoms with Crippen LogP contribution >= 0.6 is 0 Å². The quantitative estimate of drug-likeness (QED) is 0.168. The predicted molar refractivity (Wildman–Crippen MR) is 258 cm³/mol. The summed E-state index contributed by atoms with van der Waals surface area (Å²) in [6.07, 6.45) is 0. The van der Waals surface area contributed by atoms with Crippen molar-refractivity contribution in [2.75, 3.05) is 0 Å². The van der Waals surface area contributed by atoms with E-state index in [1.165, 1.54) is 5.56 Å². The molecular weight excluding hydrogens is 771 g/mol. The Bertz CT molecular complexity index is 3860. The van der Waals surface area contributed by atoms with Gasteiger partial charge in [0.2, 0.25) is 5.95 Å². The van der Waals surface area contributed by atoms with Crippen molar-refractivity contribution in [3.63, 3.8) is 0 Å². The summed E-state index contributed by atoms with van der Waals surface area (Å²) >= 11 is 0. The van der Waals surface area contributed by atoms with Gasteiger partial charge in [-0.15, -0.1) is 0 Å². The van der Waals surface area contributed by atoms with Gasteiger partial charge in [-0.2, -0.15) is 9.97 Å². The van der Waals surface area contributed by atoms with E-state index >= 15 is 0 Å². The lowest BCUT2D eigenvalue weighted by Gasteiger charge is -2.12. The van der Waals surface area contributed by atoms with E-state index < -0.39 is 0 Å². The van der Waals surface area contributed by atoms with E-state index in [0.29, 0.717) is 17.6 Å². The lowest BCUT2D eigenvalue weighted by atomic mass is 10.0. The van der Waals surface area contributed by atoms with Gasteiger partial charge in [0.25, 0.3) is 0 Å². The van der Waals surface area contributed by atoms with E-state index in [9.17, 15) is 0 Å². The number of hydrogen-bond donors (Lipinski definition) is 0. The Balaban J connectivity index is 1.08. The van der Waals surface area contributed by atoms with Crippen molar-refractivity contribution in [3.8, 4) is 56.7 Å². The maximum absolute atomic E-state index is 7.03. The van der Waals surface area contributed by atoms with Crippen LogP contribution in [0.25, 0.3) is 122 Å². The summed E-state index contributed by atoms with van der Waals surface area (Å²) in [5.41, 5.74) is 13.1. The van der Waals surface area contributed by atoms with E-state index in [4.69, 9.17) is 19.4 Å². The minimum atomic E-state index is 0.545. The zero-order chi connectivity index (χ0) is 41.4. The molecule has 0 bridgehead atoms. The Morgan fingerprint density at radius 2 is 0.873 bits per heavy atom. The second kappa shape index (κ2) is 14.0. The first kappa shape index (κ1) is 35.2. The van der Waals surface area contributed by atoms with Crippen LogP contribution in [0.4, 0.5) is 0 Å². The average molecular weight is 806 g/mol. The Hall–Kier alpha value is -8.61. The molecule has 0 atom stereocenters. The summed E-state index contributed by atoms with van der Waals surface area (Å²) in [4.78, 5) is 16.0. The molecule has 0 saturated carbocycles. The second-order valence-corrected chi connectivity index (χ2v) is 16.0. The molecule has 4 aromatic heterocycles. The molecule has 0 spiro atoms. The largest absolute Gasteiger partial charge is 0.454 e. The van der Waals surface area contributed by atoms with Crippen LogP contribution in [-0.4, -0.2) is 24.1 Å². The summed E-state index contributed by atoms with van der Waals surface area (Å²) < 4.78 is 11.6. The van der Waals surface area contributed by atoms with Gasteiger partial charge in [-0.3, -0.25) is 4.57 Å². The molecule has 0 saturated heterocycles. The first-order valence-corrected chi connectivity index (χ1v) is 21.2. The number of aromatic nitrogens is 5. The van der Waals surface area contributed by atoms with Gasteiger partial charge in [0.1, 0.15) is 5.58 Å². The number of furan rings is 1. The SMILES string of the molecule is c1ccc(-c2cccc(-c3nc(-c4cccc5oc6c(ccc7c8ccccc8n(-c8cccc(-c9ccccc9)c8)c76)c45)nc(-n4c5ccccc5c5ccccc54)n3)c2)cc1. The number of fused-ring (bicyclic) bond motifs is 10. The number of hydrogen-bond acceptors (Lipinski definition) is 4. The predicted octanol–water partition coefficient (Wildman–Crippen LogP) is 14.6. The summed E-state index contributed by atoms with van der Waals surface area (Å²) in [7, 11) is 0. The first-order chi connectivity index (χ1) is 31.2. The zero-order valence-corrected chi connectivity index (χ0v) is 33.9. The van der Waals surface area contributed by atoms with Crippen molar-refractivity contribution in [3.05, 3.63) is 212 Å². The van der Waals surface area contributed by atoms with E-state index in [1.54, 1.807) is 0 Å². The highest BCUT2D eigenvalue weighted by molar-refractivity contribution is 6.23. The minimum absolute atomic E-state index is 0.545. The van der Waals surface area contributed by atoms with Gasteiger partial charge in [-0.05, 0) is 70.8 Å². The number of nitrogens with zero attached hydrogens (tertiary/aromatic N) is 5. The summed E-state index contributed by atoms with van der Waals surface area (Å²) in [5, 5.41) is 6.50. The molecule has 0 N–H and O–H groups in total. The monoisotopic (exact) mass is 805 g/mol. The van der Waals surface area contributed by atoms with Gasteiger partial charge in [0, 0.05) is 49.1 Å². The van der Waals surface area contributed by atoms with Crippen LogP contribution in [0.1, 0.15) is 0 Å². The zero-order valence-electron chi connectivity index (χ0n) is 33.9.